The highest BCUT2D eigenvalue weighted by Crippen LogP contribution is 2.29. The fourth-order valence-corrected chi connectivity index (χ4v) is 0.154. The van der Waals surface area contributed by atoms with Gasteiger partial charge in [-0.05, 0) is 0 Å². The van der Waals surface area contributed by atoms with E-state index in [1.54, 1.807) is 0 Å². The van der Waals surface area contributed by atoms with Crippen molar-refractivity contribution in [2.45, 2.75) is 12.6 Å². The molecule has 1 heterocycles. The Balaban J connectivity index is 2.31. The summed E-state index contributed by atoms with van der Waals surface area (Å²) in [7, 11) is 0. The van der Waals surface area contributed by atoms with Crippen LogP contribution in [0.2, 0.25) is 0 Å². The molecule has 4 heteroatoms. The van der Waals surface area contributed by atoms with Crippen molar-refractivity contribution >= 4 is 0 Å². The molecule has 2 atom stereocenters. The molecule has 0 aromatic heterocycles. The fraction of sp³-hybridized carbons (Fsp3) is 1.00. The highest BCUT2D eigenvalue weighted by Gasteiger charge is 2.51. The average Bonchev–Trinajstić information content (AvgIpc) is 1.94. The molecule has 0 aromatic rings. The van der Waals surface area contributed by atoms with Crippen LogP contribution in [0.15, 0.2) is 0 Å². The summed E-state index contributed by atoms with van der Waals surface area (Å²) < 4.78 is 33.1. The molecule has 0 N–H and O–H groups in total. The molecule has 1 nitrogen and oxygen atoms in total. The summed E-state index contributed by atoms with van der Waals surface area (Å²) in [6, 6.07) is 0. The Kier molecular flexibility index (Phi) is 0.571. The van der Waals surface area contributed by atoms with Crippen LogP contribution in [-0.4, -0.2) is 17.7 Å². The van der Waals surface area contributed by atoms with Crippen LogP contribution >= 0.6 is 0 Å². The van der Waals surface area contributed by atoms with Gasteiger partial charge >= 0.3 is 0 Å². The molecule has 0 aliphatic carbocycles. The Morgan fingerprint density at radius 3 is 1.33 bits per heavy atom. The van der Waals surface area contributed by atoms with Gasteiger partial charge in [0.2, 0.25) is 12.6 Å². The molecule has 0 spiro atoms. The van der Waals surface area contributed by atoms with Gasteiger partial charge in [0.25, 0.3) is 0 Å². The quantitative estimate of drug-likeness (QED) is 0.245. The predicted molar refractivity (Wildman–Crippen MR) is 12.7 cm³/mol. The second-order valence-electron chi connectivity index (χ2n) is 1.09. The Hall–Kier alpha value is -0.250. The van der Waals surface area contributed by atoms with Crippen molar-refractivity contribution in [1.29, 1.82) is 0 Å². The van der Waals surface area contributed by atoms with Gasteiger partial charge in [0.1, 0.15) is 0 Å². The molecule has 1 rings (SSSR count). The smallest absolute Gasteiger partial charge is 0.222 e. The standard InChI is InChI=1S/C2H2F3N/c3-1-2(4)6(1)5/h1-2H. The third kappa shape index (κ3) is 0.298. The maximum absolute atomic E-state index is 11.1. The minimum absolute atomic E-state index is 0.500. The van der Waals surface area contributed by atoms with Gasteiger partial charge in [0.05, 0.1) is 0 Å². The molecule has 0 aromatic carbocycles. The molecule has 1 fully saturated rings. The van der Waals surface area contributed by atoms with Crippen LogP contribution in [0, 0.1) is 0 Å². The summed E-state index contributed by atoms with van der Waals surface area (Å²) >= 11 is 0. The van der Waals surface area contributed by atoms with Gasteiger partial charge in [0, 0.05) is 0 Å². The van der Waals surface area contributed by atoms with Crippen LogP contribution in [0.3, 0.4) is 0 Å². The van der Waals surface area contributed by atoms with E-state index in [1.165, 1.54) is 0 Å². The van der Waals surface area contributed by atoms with E-state index >= 15 is 0 Å². The van der Waals surface area contributed by atoms with Crippen LogP contribution in [0.4, 0.5) is 13.3 Å². The van der Waals surface area contributed by atoms with Crippen LogP contribution in [-0.2, 0) is 0 Å². The maximum atomic E-state index is 11.1. The third-order valence-electron chi connectivity index (χ3n) is 0.609. The topological polar surface area (TPSA) is 3.01 Å². The Bertz CT molecular complexity index is 45.5. The summed E-state index contributed by atoms with van der Waals surface area (Å²) in [5.41, 5.74) is 0. The number of alkyl halides is 2. The van der Waals surface area contributed by atoms with Gasteiger partial charge in [-0.15, -0.1) is 4.48 Å². The SMILES string of the molecule is FC1C(F)N1F. The van der Waals surface area contributed by atoms with Crippen molar-refractivity contribution in [3.8, 4) is 0 Å². The number of hydrogen-bond acceptors (Lipinski definition) is 1. The predicted octanol–water partition coefficient (Wildman–Crippen LogP) is 0.778. The molecular formula is C2H2F3N. The molecule has 0 amide bonds. The van der Waals surface area contributed by atoms with E-state index in [9.17, 15) is 13.3 Å². The molecule has 0 radical (unpaired) electrons. The van der Waals surface area contributed by atoms with Crippen molar-refractivity contribution in [1.82, 2.24) is 5.12 Å². The summed E-state index contributed by atoms with van der Waals surface area (Å²) in [6.45, 7) is 0. The van der Waals surface area contributed by atoms with Crippen molar-refractivity contribution in [2.75, 3.05) is 0 Å². The molecule has 1 saturated heterocycles. The van der Waals surface area contributed by atoms with Crippen molar-refractivity contribution in [2.24, 2.45) is 0 Å². The zero-order valence-corrected chi connectivity index (χ0v) is 2.74. The Morgan fingerprint density at radius 2 is 1.33 bits per heavy atom. The minimum Gasteiger partial charge on any atom is -0.222 e. The van der Waals surface area contributed by atoms with Crippen LogP contribution in [0.5, 0.6) is 0 Å². The van der Waals surface area contributed by atoms with E-state index in [0.717, 1.165) is 0 Å². The highest BCUT2D eigenvalue weighted by atomic mass is 19.2. The number of rotatable bonds is 0. The molecule has 2 unspecified atom stereocenters. The van der Waals surface area contributed by atoms with E-state index in [0.29, 0.717) is 0 Å². The first-order chi connectivity index (χ1) is 2.73. The lowest BCUT2D eigenvalue weighted by atomic mass is 10.9. The first-order valence-electron chi connectivity index (χ1n) is 1.46. The number of halogens is 3. The second kappa shape index (κ2) is 0.872. The Labute approximate surface area is 32.3 Å². The maximum Gasteiger partial charge on any atom is 0.230 e. The van der Waals surface area contributed by atoms with Crippen LogP contribution < -0.4 is 0 Å². The van der Waals surface area contributed by atoms with Gasteiger partial charge < -0.3 is 0 Å². The van der Waals surface area contributed by atoms with Crippen molar-refractivity contribution < 1.29 is 13.3 Å². The van der Waals surface area contributed by atoms with E-state index in [2.05, 4.69) is 0 Å². The normalized spacial score (nSPS) is 55.5. The fourth-order valence-electron chi connectivity index (χ4n) is 0.154. The largest absolute Gasteiger partial charge is 0.230 e. The second-order valence-corrected chi connectivity index (χ2v) is 1.09. The highest BCUT2D eigenvalue weighted by molar-refractivity contribution is 4.76. The Morgan fingerprint density at radius 1 is 1.17 bits per heavy atom. The van der Waals surface area contributed by atoms with Crippen molar-refractivity contribution in [3.05, 3.63) is 0 Å². The van der Waals surface area contributed by atoms with Crippen LogP contribution in [0.25, 0.3) is 0 Å². The first-order valence-corrected chi connectivity index (χ1v) is 1.46. The van der Waals surface area contributed by atoms with Gasteiger partial charge in [-0.1, -0.05) is 5.12 Å². The molecule has 1 aliphatic heterocycles. The van der Waals surface area contributed by atoms with Gasteiger partial charge in [-0.25, -0.2) is 8.78 Å². The lowest BCUT2D eigenvalue weighted by molar-refractivity contribution is 0.0962. The third-order valence-corrected chi connectivity index (χ3v) is 0.609. The van der Waals surface area contributed by atoms with Gasteiger partial charge in [-0.3, -0.25) is 0 Å². The lowest BCUT2D eigenvalue weighted by Gasteiger charge is -1.65. The summed E-state index contributed by atoms with van der Waals surface area (Å²) in [4.78, 5) is 0. The summed E-state index contributed by atoms with van der Waals surface area (Å²) in [5, 5.41) is -0.500. The average molecular weight is 97.0 g/mol. The molecule has 1 aliphatic rings. The summed E-state index contributed by atoms with van der Waals surface area (Å²) in [6.07, 6.45) is -3.96. The van der Waals surface area contributed by atoms with E-state index < -0.39 is 17.7 Å². The summed E-state index contributed by atoms with van der Waals surface area (Å²) in [5.74, 6) is 0. The zero-order valence-electron chi connectivity index (χ0n) is 2.74. The van der Waals surface area contributed by atoms with E-state index in [4.69, 9.17) is 0 Å². The monoisotopic (exact) mass is 97.0 g/mol. The molecule has 0 saturated carbocycles. The zero-order chi connectivity index (χ0) is 4.73. The van der Waals surface area contributed by atoms with E-state index in [1.807, 2.05) is 0 Å². The van der Waals surface area contributed by atoms with Gasteiger partial charge in [-0.2, -0.15) is 0 Å². The number of hydrogen-bond donors (Lipinski definition) is 0. The molecule has 36 valence electrons. The van der Waals surface area contributed by atoms with Crippen molar-refractivity contribution in [3.63, 3.8) is 0 Å². The molecule has 0 bridgehead atoms. The first kappa shape index (κ1) is 3.92. The lowest BCUT2D eigenvalue weighted by Crippen LogP contribution is -1.74. The molecular weight excluding hydrogens is 95.0 g/mol. The minimum atomic E-state index is -1.98. The number of nitrogens with zero attached hydrogens (tertiary/aromatic N) is 1. The van der Waals surface area contributed by atoms with Gasteiger partial charge in [0.15, 0.2) is 0 Å². The molecule has 6 heavy (non-hydrogen) atoms. The van der Waals surface area contributed by atoms with Crippen LogP contribution in [0.1, 0.15) is 0 Å². The van der Waals surface area contributed by atoms with E-state index in [-0.39, 0.29) is 0 Å².